The monoisotopic (exact) mass is 295 g/mol. The Labute approximate surface area is 118 Å². The molecule has 0 unspecified atom stereocenters. The van der Waals surface area contributed by atoms with Gasteiger partial charge in [-0.3, -0.25) is 5.32 Å². The van der Waals surface area contributed by atoms with Crippen molar-refractivity contribution in [2.45, 2.75) is 20.4 Å². The van der Waals surface area contributed by atoms with Crippen molar-refractivity contribution in [2.24, 2.45) is 0 Å². The Balaban J connectivity index is 2.04. The minimum atomic E-state index is -1.06. The number of amides is 2. The van der Waals surface area contributed by atoms with Crippen molar-refractivity contribution in [2.75, 3.05) is 5.32 Å². The number of aryl methyl sites for hydroxylation is 1. The zero-order valence-corrected chi connectivity index (χ0v) is 11.7. The molecule has 0 aliphatic heterocycles. The highest BCUT2D eigenvalue weighted by molar-refractivity contribution is 7.16. The summed E-state index contributed by atoms with van der Waals surface area (Å²) in [5, 5.41) is 18.3. The van der Waals surface area contributed by atoms with Gasteiger partial charge in [-0.2, -0.15) is 0 Å². The minimum absolute atomic E-state index is 0.129. The molecule has 7 nitrogen and oxygen atoms in total. The van der Waals surface area contributed by atoms with Gasteiger partial charge in [-0.25, -0.2) is 9.59 Å². The molecule has 2 aromatic heterocycles. The van der Waals surface area contributed by atoms with Crippen LogP contribution >= 0.6 is 11.3 Å². The van der Waals surface area contributed by atoms with Gasteiger partial charge in [0, 0.05) is 10.9 Å². The van der Waals surface area contributed by atoms with E-state index in [1.165, 1.54) is 17.6 Å². The van der Waals surface area contributed by atoms with Gasteiger partial charge >= 0.3 is 12.0 Å². The molecule has 3 N–H and O–H groups in total. The van der Waals surface area contributed by atoms with E-state index in [-0.39, 0.29) is 12.1 Å². The molecule has 8 heteroatoms. The number of carboxylic acid groups (broad SMARTS) is 1. The second-order valence-electron chi connectivity index (χ2n) is 4.09. The van der Waals surface area contributed by atoms with Crippen LogP contribution in [0, 0.1) is 13.8 Å². The van der Waals surface area contributed by atoms with Gasteiger partial charge < -0.3 is 14.9 Å². The predicted molar refractivity (Wildman–Crippen MR) is 73.1 cm³/mol. The normalized spacial score (nSPS) is 10.3. The third-order valence-corrected chi connectivity index (χ3v) is 3.87. The SMILES string of the molecule is Cc1sc(NC(=O)NCc2ccon2)c(C(=O)O)c1C. The lowest BCUT2D eigenvalue weighted by molar-refractivity contribution is 0.0697. The quantitative estimate of drug-likeness (QED) is 0.803. The molecule has 0 saturated carbocycles. The summed E-state index contributed by atoms with van der Waals surface area (Å²) < 4.78 is 4.64. The van der Waals surface area contributed by atoms with Gasteiger partial charge in [0.1, 0.15) is 17.0 Å². The lowest BCUT2D eigenvalue weighted by atomic mass is 10.1. The summed E-state index contributed by atoms with van der Waals surface area (Å²) in [7, 11) is 0. The van der Waals surface area contributed by atoms with Gasteiger partial charge in [-0.15, -0.1) is 11.3 Å². The highest BCUT2D eigenvalue weighted by atomic mass is 32.1. The Kier molecular flexibility index (Phi) is 4.04. The topological polar surface area (TPSA) is 104 Å². The Bertz CT molecular complexity index is 633. The molecule has 2 rings (SSSR count). The Hall–Kier alpha value is -2.35. The van der Waals surface area contributed by atoms with Gasteiger partial charge in [-0.05, 0) is 19.4 Å². The van der Waals surface area contributed by atoms with Crippen LogP contribution in [-0.2, 0) is 6.54 Å². The van der Waals surface area contributed by atoms with Crippen LogP contribution in [0.5, 0.6) is 0 Å². The number of hydrogen-bond acceptors (Lipinski definition) is 5. The molecule has 0 aliphatic carbocycles. The molecule has 0 saturated heterocycles. The second kappa shape index (κ2) is 5.74. The van der Waals surface area contributed by atoms with Crippen molar-refractivity contribution in [3.8, 4) is 0 Å². The first-order valence-electron chi connectivity index (χ1n) is 5.76. The van der Waals surface area contributed by atoms with E-state index in [9.17, 15) is 9.59 Å². The Morgan fingerprint density at radius 1 is 1.45 bits per heavy atom. The van der Waals surface area contributed by atoms with Gasteiger partial charge in [0.15, 0.2) is 0 Å². The number of aromatic carboxylic acids is 1. The summed E-state index contributed by atoms with van der Waals surface area (Å²) in [6.07, 6.45) is 1.41. The van der Waals surface area contributed by atoms with E-state index in [2.05, 4.69) is 20.3 Å². The van der Waals surface area contributed by atoms with E-state index < -0.39 is 12.0 Å². The first kappa shape index (κ1) is 14.1. The average Bonchev–Trinajstić information content (AvgIpc) is 2.96. The van der Waals surface area contributed by atoms with Crippen LogP contribution in [0.25, 0.3) is 0 Å². The molecule has 106 valence electrons. The summed E-state index contributed by atoms with van der Waals surface area (Å²) in [6, 6.07) is 1.14. The van der Waals surface area contributed by atoms with E-state index in [0.29, 0.717) is 16.3 Å². The molecule has 0 bridgehead atoms. The van der Waals surface area contributed by atoms with Crippen LogP contribution in [0.3, 0.4) is 0 Å². The van der Waals surface area contributed by atoms with E-state index in [4.69, 9.17) is 5.11 Å². The zero-order chi connectivity index (χ0) is 14.7. The number of aromatic nitrogens is 1. The lowest BCUT2D eigenvalue weighted by Crippen LogP contribution is -2.28. The zero-order valence-electron chi connectivity index (χ0n) is 10.9. The Morgan fingerprint density at radius 2 is 2.20 bits per heavy atom. The summed E-state index contributed by atoms with van der Waals surface area (Å²) in [4.78, 5) is 23.8. The predicted octanol–water partition coefficient (Wildman–Crippen LogP) is 2.37. The third-order valence-electron chi connectivity index (χ3n) is 2.75. The molecule has 0 aliphatic rings. The fourth-order valence-electron chi connectivity index (χ4n) is 1.62. The smallest absolute Gasteiger partial charge is 0.338 e. The van der Waals surface area contributed by atoms with Crippen LogP contribution in [0.1, 0.15) is 26.5 Å². The molecular formula is C12H13N3O4S. The first-order chi connectivity index (χ1) is 9.49. The number of urea groups is 1. The van der Waals surface area contributed by atoms with Crippen LogP contribution in [0.2, 0.25) is 0 Å². The standard InChI is InChI=1S/C12H13N3O4S/c1-6-7(2)20-10(9(6)11(16)17)14-12(18)13-5-8-3-4-19-15-8/h3-4H,5H2,1-2H3,(H,16,17)(H2,13,14,18). The summed E-state index contributed by atoms with van der Waals surface area (Å²) in [5.41, 5.74) is 1.37. The molecule has 0 spiro atoms. The lowest BCUT2D eigenvalue weighted by Gasteiger charge is -2.05. The highest BCUT2D eigenvalue weighted by Gasteiger charge is 2.20. The number of rotatable bonds is 4. The van der Waals surface area contributed by atoms with Gasteiger partial charge in [-0.1, -0.05) is 5.16 Å². The number of hydrogen-bond donors (Lipinski definition) is 3. The number of anilines is 1. The molecule has 0 aromatic carbocycles. The summed E-state index contributed by atoms with van der Waals surface area (Å²) >= 11 is 1.23. The van der Waals surface area contributed by atoms with Gasteiger partial charge in [0.05, 0.1) is 12.1 Å². The van der Waals surface area contributed by atoms with E-state index in [0.717, 1.165) is 4.88 Å². The van der Waals surface area contributed by atoms with Crippen molar-refractivity contribution in [1.29, 1.82) is 0 Å². The molecule has 0 atom stereocenters. The Morgan fingerprint density at radius 3 is 2.80 bits per heavy atom. The largest absolute Gasteiger partial charge is 0.478 e. The van der Waals surface area contributed by atoms with Crippen LogP contribution < -0.4 is 10.6 Å². The number of nitrogens with zero attached hydrogens (tertiary/aromatic N) is 1. The second-order valence-corrected chi connectivity index (χ2v) is 5.32. The number of carboxylic acids is 1. The molecular weight excluding hydrogens is 282 g/mol. The molecule has 0 radical (unpaired) electrons. The molecule has 0 fully saturated rings. The van der Waals surface area contributed by atoms with Crippen molar-refractivity contribution in [1.82, 2.24) is 10.5 Å². The molecule has 2 heterocycles. The maximum atomic E-state index is 11.7. The van der Waals surface area contributed by atoms with E-state index in [1.807, 2.05) is 6.92 Å². The number of carbonyl (C=O) groups excluding carboxylic acids is 1. The summed E-state index contributed by atoms with van der Waals surface area (Å²) in [6.45, 7) is 3.73. The number of carbonyl (C=O) groups is 2. The maximum Gasteiger partial charge on any atom is 0.338 e. The fraction of sp³-hybridized carbons (Fsp3) is 0.250. The van der Waals surface area contributed by atoms with E-state index in [1.54, 1.807) is 13.0 Å². The van der Waals surface area contributed by atoms with Crippen molar-refractivity contribution < 1.29 is 19.2 Å². The van der Waals surface area contributed by atoms with Crippen molar-refractivity contribution >= 4 is 28.3 Å². The van der Waals surface area contributed by atoms with Crippen LogP contribution in [-0.4, -0.2) is 22.3 Å². The summed E-state index contributed by atoms with van der Waals surface area (Å²) in [5.74, 6) is -1.06. The highest BCUT2D eigenvalue weighted by Crippen LogP contribution is 2.32. The average molecular weight is 295 g/mol. The number of nitrogens with one attached hydrogen (secondary N) is 2. The maximum absolute atomic E-state index is 11.7. The van der Waals surface area contributed by atoms with Gasteiger partial charge in [0.2, 0.25) is 0 Å². The minimum Gasteiger partial charge on any atom is -0.478 e. The fourth-order valence-corrected chi connectivity index (χ4v) is 2.67. The van der Waals surface area contributed by atoms with E-state index >= 15 is 0 Å². The van der Waals surface area contributed by atoms with Crippen molar-refractivity contribution in [3.05, 3.63) is 34.0 Å². The first-order valence-corrected chi connectivity index (χ1v) is 6.58. The van der Waals surface area contributed by atoms with Crippen molar-refractivity contribution in [3.63, 3.8) is 0 Å². The molecule has 2 aromatic rings. The third kappa shape index (κ3) is 2.97. The van der Waals surface area contributed by atoms with Crippen LogP contribution in [0.15, 0.2) is 16.9 Å². The van der Waals surface area contributed by atoms with Crippen LogP contribution in [0.4, 0.5) is 9.80 Å². The molecule has 2 amide bonds. The number of thiophene rings is 1. The molecule has 20 heavy (non-hydrogen) atoms. The van der Waals surface area contributed by atoms with Gasteiger partial charge in [0.25, 0.3) is 0 Å².